The maximum atomic E-state index is 12.2. The van der Waals surface area contributed by atoms with Crippen LogP contribution in [-0.4, -0.2) is 23.6 Å². The summed E-state index contributed by atoms with van der Waals surface area (Å²) >= 11 is 0. The molecule has 0 bridgehead atoms. The number of esters is 1. The standard InChI is InChI=1S/C22H19NO5/c1-15-11-12-17(19(24)13-15)22(26)27-14-21(25)23-18-9-5-6-10-20(18)28-16-7-3-2-4-8-16/h2-13,24H,14H2,1H3,(H,23,25). The minimum atomic E-state index is -0.776. The van der Waals surface area contributed by atoms with Crippen LogP contribution in [0.3, 0.4) is 0 Å². The fourth-order valence-electron chi connectivity index (χ4n) is 2.48. The van der Waals surface area contributed by atoms with Gasteiger partial charge in [-0.05, 0) is 48.9 Å². The third-order valence-corrected chi connectivity index (χ3v) is 3.84. The van der Waals surface area contributed by atoms with E-state index in [4.69, 9.17) is 9.47 Å². The van der Waals surface area contributed by atoms with Crippen LogP contribution in [0.5, 0.6) is 17.2 Å². The molecule has 0 aliphatic rings. The molecule has 2 N–H and O–H groups in total. The molecule has 0 heterocycles. The van der Waals surface area contributed by atoms with Crippen LogP contribution < -0.4 is 10.1 Å². The van der Waals surface area contributed by atoms with Gasteiger partial charge in [0.25, 0.3) is 5.91 Å². The Morgan fingerprint density at radius 3 is 2.43 bits per heavy atom. The Morgan fingerprint density at radius 1 is 0.964 bits per heavy atom. The third-order valence-electron chi connectivity index (χ3n) is 3.84. The number of ether oxygens (including phenoxy) is 2. The fourth-order valence-corrected chi connectivity index (χ4v) is 2.48. The van der Waals surface area contributed by atoms with Gasteiger partial charge in [-0.15, -0.1) is 0 Å². The molecule has 0 unspecified atom stereocenters. The summed E-state index contributed by atoms with van der Waals surface area (Å²) < 4.78 is 10.8. The molecule has 1 amide bonds. The number of hydrogen-bond acceptors (Lipinski definition) is 5. The molecule has 0 atom stereocenters. The van der Waals surface area contributed by atoms with E-state index in [1.54, 1.807) is 49.4 Å². The van der Waals surface area contributed by atoms with Crippen molar-refractivity contribution in [2.75, 3.05) is 11.9 Å². The van der Waals surface area contributed by atoms with Crippen molar-refractivity contribution in [1.82, 2.24) is 0 Å². The molecule has 0 fully saturated rings. The lowest BCUT2D eigenvalue weighted by Crippen LogP contribution is -2.21. The zero-order chi connectivity index (χ0) is 19.9. The van der Waals surface area contributed by atoms with E-state index in [0.717, 1.165) is 5.56 Å². The summed E-state index contributed by atoms with van der Waals surface area (Å²) in [5.74, 6) is -0.396. The molecular formula is C22H19NO5. The number of carbonyl (C=O) groups excluding carboxylic acids is 2. The van der Waals surface area contributed by atoms with Gasteiger partial charge in [0.15, 0.2) is 12.4 Å². The number of hydrogen-bond donors (Lipinski definition) is 2. The van der Waals surface area contributed by atoms with Crippen LogP contribution in [0.25, 0.3) is 0 Å². The number of nitrogens with one attached hydrogen (secondary N) is 1. The summed E-state index contributed by atoms with van der Waals surface area (Å²) in [6, 6.07) is 20.7. The Balaban J connectivity index is 1.61. The predicted molar refractivity (Wildman–Crippen MR) is 105 cm³/mol. The summed E-state index contributed by atoms with van der Waals surface area (Å²) in [5, 5.41) is 12.5. The topological polar surface area (TPSA) is 84.9 Å². The molecule has 0 aliphatic carbocycles. The molecule has 0 saturated heterocycles. The lowest BCUT2D eigenvalue weighted by Gasteiger charge is -2.12. The van der Waals surface area contributed by atoms with Crippen LogP contribution in [0.1, 0.15) is 15.9 Å². The van der Waals surface area contributed by atoms with Crippen molar-refractivity contribution in [3.8, 4) is 17.2 Å². The molecule has 0 spiro atoms. The molecule has 6 nitrogen and oxygen atoms in total. The van der Waals surface area contributed by atoms with Crippen LogP contribution in [0.2, 0.25) is 0 Å². The summed E-state index contributed by atoms with van der Waals surface area (Å²) in [6.07, 6.45) is 0. The zero-order valence-corrected chi connectivity index (χ0v) is 15.2. The van der Waals surface area contributed by atoms with Gasteiger partial charge in [-0.25, -0.2) is 4.79 Å². The number of aryl methyl sites for hydroxylation is 1. The Kier molecular flexibility index (Phi) is 5.91. The molecule has 0 aliphatic heterocycles. The van der Waals surface area contributed by atoms with Gasteiger partial charge >= 0.3 is 5.97 Å². The Hall–Kier alpha value is -3.80. The summed E-state index contributed by atoms with van der Waals surface area (Å²) in [5.41, 5.74) is 1.26. The first-order valence-electron chi connectivity index (χ1n) is 8.61. The zero-order valence-electron chi connectivity index (χ0n) is 15.2. The lowest BCUT2D eigenvalue weighted by molar-refractivity contribution is -0.119. The first-order chi connectivity index (χ1) is 13.5. The Bertz CT molecular complexity index is 985. The Morgan fingerprint density at radius 2 is 1.68 bits per heavy atom. The fraction of sp³-hybridized carbons (Fsp3) is 0.0909. The second kappa shape index (κ2) is 8.73. The van der Waals surface area contributed by atoms with Crippen molar-refractivity contribution in [1.29, 1.82) is 0 Å². The van der Waals surface area contributed by atoms with Gasteiger partial charge in [0, 0.05) is 0 Å². The summed E-state index contributed by atoms with van der Waals surface area (Å²) in [7, 11) is 0. The number of phenolic OH excluding ortho intramolecular Hbond substituents is 1. The van der Waals surface area contributed by atoms with Gasteiger partial charge in [-0.2, -0.15) is 0 Å². The van der Waals surface area contributed by atoms with Crippen molar-refractivity contribution < 1.29 is 24.2 Å². The van der Waals surface area contributed by atoms with E-state index in [0.29, 0.717) is 17.2 Å². The highest BCUT2D eigenvalue weighted by Gasteiger charge is 2.15. The van der Waals surface area contributed by atoms with Gasteiger partial charge in [0.2, 0.25) is 0 Å². The molecule has 6 heteroatoms. The highest BCUT2D eigenvalue weighted by Crippen LogP contribution is 2.29. The normalized spacial score (nSPS) is 10.2. The van der Waals surface area contributed by atoms with Crippen LogP contribution in [0.15, 0.2) is 72.8 Å². The number of para-hydroxylation sites is 3. The average molecular weight is 377 g/mol. The number of phenols is 1. The molecule has 0 radical (unpaired) electrons. The largest absolute Gasteiger partial charge is 0.507 e. The highest BCUT2D eigenvalue weighted by molar-refractivity contribution is 5.97. The first kappa shape index (κ1) is 19.0. The van der Waals surface area contributed by atoms with Crippen molar-refractivity contribution in [2.45, 2.75) is 6.92 Å². The predicted octanol–water partition coefficient (Wildman–Crippen LogP) is 4.29. The number of carbonyl (C=O) groups is 2. The number of aromatic hydroxyl groups is 1. The van der Waals surface area contributed by atoms with Crippen LogP contribution >= 0.6 is 0 Å². The SMILES string of the molecule is Cc1ccc(C(=O)OCC(=O)Nc2ccccc2Oc2ccccc2)c(O)c1. The number of anilines is 1. The van der Waals surface area contributed by atoms with Crippen LogP contribution in [0, 0.1) is 6.92 Å². The first-order valence-corrected chi connectivity index (χ1v) is 8.61. The van der Waals surface area contributed by atoms with Gasteiger partial charge in [0.05, 0.1) is 5.69 Å². The van der Waals surface area contributed by atoms with Crippen molar-refractivity contribution in [3.63, 3.8) is 0 Å². The molecular weight excluding hydrogens is 358 g/mol. The maximum Gasteiger partial charge on any atom is 0.342 e. The quantitative estimate of drug-likeness (QED) is 0.626. The second-order valence-electron chi connectivity index (χ2n) is 6.06. The van der Waals surface area contributed by atoms with E-state index >= 15 is 0 Å². The number of benzene rings is 3. The van der Waals surface area contributed by atoms with E-state index in [9.17, 15) is 14.7 Å². The minimum Gasteiger partial charge on any atom is -0.507 e. The minimum absolute atomic E-state index is 0.00575. The van der Waals surface area contributed by atoms with Crippen LogP contribution in [0.4, 0.5) is 5.69 Å². The van der Waals surface area contributed by atoms with Crippen molar-refractivity contribution in [2.24, 2.45) is 0 Å². The number of amides is 1. The van der Waals surface area contributed by atoms with Gasteiger partial charge < -0.3 is 19.9 Å². The Labute approximate surface area is 162 Å². The maximum absolute atomic E-state index is 12.2. The molecule has 28 heavy (non-hydrogen) atoms. The highest BCUT2D eigenvalue weighted by atomic mass is 16.5. The van der Waals surface area contributed by atoms with E-state index < -0.39 is 18.5 Å². The summed E-state index contributed by atoms with van der Waals surface area (Å²) in [6.45, 7) is 1.29. The monoisotopic (exact) mass is 377 g/mol. The van der Waals surface area contributed by atoms with E-state index in [1.807, 2.05) is 18.2 Å². The third kappa shape index (κ3) is 4.88. The smallest absolute Gasteiger partial charge is 0.342 e. The van der Waals surface area contributed by atoms with Gasteiger partial charge in [0.1, 0.15) is 17.1 Å². The van der Waals surface area contributed by atoms with Gasteiger partial charge in [-0.3, -0.25) is 4.79 Å². The average Bonchev–Trinajstić information content (AvgIpc) is 2.68. The van der Waals surface area contributed by atoms with Gasteiger partial charge in [-0.1, -0.05) is 36.4 Å². The van der Waals surface area contributed by atoms with E-state index in [2.05, 4.69) is 5.32 Å². The number of rotatable bonds is 6. The molecule has 142 valence electrons. The molecule has 0 aromatic heterocycles. The molecule has 3 rings (SSSR count). The van der Waals surface area contributed by atoms with Crippen molar-refractivity contribution >= 4 is 17.6 Å². The van der Waals surface area contributed by atoms with E-state index in [1.165, 1.54) is 12.1 Å². The second-order valence-corrected chi connectivity index (χ2v) is 6.06. The van der Waals surface area contributed by atoms with E-state index in [-0.39, 0.29) is 11.3 Å². The lowest BCUT2D eigenvalue weighted by atomic mass is 10.1. The van der Waals surface area contributed by atoms with Crippen LogP contribution in [-0.2, 0) is 9.53 Å². The van der Waals surface area contributed by atoms with Crippen molar-refractivity contribution in [3.05, 3.63) is 83.9 Å². The molecule has 0 saturated carbocycles. The summed E-state index contributed by atoms with van der Waals surface area (Å²) in [4.78, 5) is 24.2. The molecule has 3 aromatic carbocycles. The molecule has 3 aromatic rings.